The molecule has 1 aliphatic heterocycles. The monoisotopic (exact) mass is 425 g/mol. The molecular formula is C23H27N3O5. The van der Waals surface area contributed by atoms with Crippen molar-refractivity contribution in [3.05, 3.63) is 41.6 Å². The first-order chi connectivity index (χ1) is 15.1. The van der Waals surface area contributed by atoms with Gasteiger partial charge in [-0.25, -0.2) is 4.98 Å². The molecule has 164 valence electrons. The standard InChI is InChI=1S/C23H27N3O5/c1-4-28-19-12-17(13-20(29-5-2)22(19)30-6-3)23(27)26-10-8-18(15-26)31-21-11-16(14-24)7-9-25-21/h7,9,11-13,18H,4-6,8,10,15H2,1-3H3. The second-order valence-electron chi connectivity index (χ2n) is 6.87. The van der Waals surface area contributed by atoms with Crippen LogP contribution in [0, 0.1) is 11.3 Å². The van der Waals surface area contributed by atoms with E-state index in [-0.39, 0.29) is 12.0 Å². The number of pyridine rings is 1. The topological polar surface area (TPSA) is 93.9 Å². The van der Waals surface area contributed by atoms with Crippen LogP contribution in [0.4, 0.5) is 0 Å². The van der Waals surface area contributed by atoms with Gasteiger partial charge in [0.15, 0.2) is 11.5 Å². The fraction of sp³-hybridized carbons (Fsp3) is 0.435. The molecular weight excluding hydrogens is 398 g/mol. The number of likely N-dealkylation sites (tertiary alicyclic amines) is 1. The van der Waals surface area contributed by atoms with Gasteiger partial charge in [0.2, 0.25) is 11.6 Å². The highest BCUT2D eigenvalue weighted by molar-refractivity contribution is 5.96. The smallest absolute Gasteiger partial charge is 0.254 e. The van der Waals surface area contributed by atoms with Gasteiger partial charge in [-0.2, -0.15) is 5.26 Å². The Morgan fingerprint density at radius 2 is 1.81 bits per heavy atom. The fourth-order valence-electron chi connectivity index (χ4n) is 3.42. The summed E-state index contributed by atoms with van der Waals surface area (Å²) in [6, 6.07) is 8.68. The third kappa shape index (κ3) is 5.37. The van der Waals surface area contributed by atoms with Gasteiger partial charge in [-0.3, -0.25) is 4.79 Å². The number of aromatic nitrogens is 1. The molecule has 3 rings (SSSR count). The van der Waals surface area contributed by atoms with E-state index in [9.17, 15) is 4.79 Å². The number of hydrogen-bond donors (Lipinski definition) is 0. The molecule has 8 nitrogen and oxygen atoms in total. The van der Waals surface area contributed by atoms with Crippen LogP contribution in [0.25, 0.3) is 0 Å². The second-order valence-corrected chi connectivity index (χ2v) is 6.87. The molecule has 2 aromatic rings. The number of nitrogens with zero attached hydrogens (tertiary/aromatic N) is 3. The zero-order chi connectivity index (χ0) is 22.2. The number of ether oxygens (including phenoxy) is 4. The first kappa shape index (κ1) is 22.2. The maximum Gasteiger partial charge on any atom is 0.254 e. The van der Waals surface area contributed by atoms with Crippen LogP contribution in [-0.4, -0.2) is 54.8 Å². The van der Waals surface area contributed by atoms with Crippen LogP contribution in [0.5, 0.6) is 23.1 Å². The average molecular weight is 425 g/mol. The minimum absolute atomic E-state index is 0.130. The molecule has 0 aliphatic carbocycles. The van der Waals surface area contributed by atoms with Crippen molar-refractivity contribution in [2.75, 3.05) is 32.9 Å². The Labute approximate surface area is 182 Å². The minimum Gasteiger partial charge on any atom is -0.490 e. The van der Waals surface area contributed by atoms with Gasteiger partial charge in [-0.15, -0.1) is 0 Å². The number of hydrogen-bond acceptors (Lipinski definition) is 7. The Balaban J connectivity index is 1.76. The van der Waals surface area contributed by atoms with Gasteiger partial charge < -0.3 is 23.8 Å². The molecule has 1 saturated heterocycles. The quantitative estimate of drug-likeness (QED) is 0.607. The van der Waals surface area contributed by atoms with Crippen molar-refractivity contribution >= 4 is 5.91 Å². The number of rotatable bonds is 9. The fourth-order valence-corrected chi connectivity index (χ4v) is 3.42. The van der Waals surface area contributed by atoms with Crippen LogP contribution in [0.2, 0.25) is 0 Å². The Hall–Kier alpha value is -3.47. The van der Waals surface area contributed by atoms with Gasteiger partial charge in [0, 0.05) is 30.8 Å². The van der Waals surface area contributed by atoms with Crippen LogP contribution in [0.1, 0.15) is 43.1 Å². The first-order valence-electron chi connectivity index (χ1n) is 10.5. The summed E-state index contributed by atoms with van der Waals surface area (Å²) < 4.78 is 23.0. The minimum atomic E-state index is -0.189. The second kappa shape index (κ2) is 10.5. The summed E-state index contributed by atoms with van der Waals surface area (Å²) in [6.45, 7) is 7.97. The van der Waals surface area contributed by atoms with Crippen molar-refractivity contribution in [1.29, 1.82) is 5.26 Å². The zero-order valence-corrected chi connectivity index (χ0v) is 18.1. The normalized spacial score (nSPS) is 15.3. The van der Waals surface area contributed by atoms with E-state index in [2.05, 4.69) is 11.1 Å². The molecule has 8 heteroatoms. The Bertz CT molecular complexity index is 929. The molecule has 2 heterocycles. The van der Waals surface area contributed by atoms with E-state index in [1.165, 1.54) is 6.20 Å². The van der Waals surface area contributed by atoms with Crippen molar-refractivity contribution in [3.63, 3.8) is 0 Å². The molecule has 0 bridgehead atoms. The molecule has 1 aliphatic rings. The van der Waals surface area contributed by atoms with E-state index in [1.807, 2.05) is 20.8 Å². The molecule has 1 amide bonds. The highest BCUT2D eigenvalue weighted by Crippen LogP contribution is 2.39. The number of nitriles is 1. The van der Waals surface area contributed by atoms with Crippen LogP contribution in [0.3, 0.4) is 0 Å². The molecule has 1 aromatic carbocycles. The molecule has 0 radical (unpaired) electrons. The summed E-state index contributed by atoms with van der Waals surface area (Å²) in [5.74, 6) is 1.74. The van der Waals surface area contributed by atoms with Crippen LogP contribution in [-0.2, 0) is 0 Å². The predicted molar refractivity (Wildman–Crippen MR) is 114 cm³/mol. The van der Waals surface area contributed by atoms with E-state index in [0.717, 1.165) is 0 Å². The van der Waals surface area contributed by atoms with E-state index >= 15 is 0 Å². The van der Waals surface area contributed by atoms with E-state index in [1.54, 1.807) is 29.2 Å². The lowest BCUT2D eigenvalue weighted by Crippen LogP contribution is -2.31. The van der Waals surface area contributed by atoms with Gasteiger partial charge in [0.1, 0.15) is 6.10 Å². The van der Waals surface area contributed by atoms with Gasteiger partial charge in [-0.1, -0.05) is 0 Å². The van der Waals surface area contributed by atoms with Crippen molar-refractivity contribution in [2.45, 2.75) is 33.3 Å². The summed E-state index contributed by atoms with van der Waals surface area (Å²) >= 11 is 0. The van der Waals surface area contributed by atoms with Crippen molar-refractivity contribution in [3.8, 4) is 29.2 Å². The molecule has 1 fully saturated rings. The third-order valence-corrected chi connectivity index (χ3v) is 4.74. The van der Waals surface area contributed by atoms with E-state index in [4.69, 9.17) is 24.2 Å². The maximum atomic E-state index is 13.2. The van der Waals surface area contributed by atoms with Crippen molar-refractivity contribution in [1.82, 2.24) is 9.88 Å². The van der Waals surface area contributed by atoms with Crippen LogP contribution < -0.4 is 18.9 Å². The van der Waals surface area contributed by atoms with Crippen LogP contribution >= 0.6 is 0 Å². The van der Waals surface area contributed by atoms with Gasteiger partial charge >= 0.3 is 0 Å². The highest BCUT2D eigenvalue weighted by Gasteiger charge is 2.30. The van der Waals surface area contributed by atoms with Gasteiger partial charge in [-0.05, 0) is 39.0 Å². The summed E-state index contributed by atoms with van der Waals surface area (Å²) in [5.41, 5.74) is 0.956. The average Bonchev–Trinajstić information content (AvgIpc) is 3.24. The molecule has 0 saturated carbocycles. The summed E-state index contributed by atoms with van der Waals surface area (Å²) in [4.78, 5) is 19.1. The number of benzene rings is 1. The maximum absolute atomic E-state index is 13.2. The molecule has 0 N–H and O–H groups in total. The van der Waals surface area contributed by atoms with E-state index < -0.39 is 0 Å². The molecule has 0 spiro atoms. The Kier molecular flexibility index (Phi) is 7.55. The summed E-state index contributed by atoms with van der Waals surface area (Å²) in [6.07, 6.45) is 2.03. The van der Waals surface area contributed by atoms with Crippen LogP contribution in [0.15, 0.2) is 30.5 Å². The summed E-state index contributed by atoms with van der Waals surface area (Å²) in [5, 5.41) is 9.02. The number of carbonyl (C=O) groups is 1. The largest absolute Gasteiger partial charge is 0.490 e. The number of amides is 1. The molecule has 1 atom stereocenters. The lowest BCUT2D eigenvalue weighted by molar-refractivity contribution is 0.0770. The van der Waals surface area contributed by atoms with Gasteiger partial charge in [0.25, 0.3) is 5.91 Å². The predicted octanol–water partition coefficient (Wildman–Crippen LogP) is 3.44. The van der Waals surface area contributed by atoms with E-state index in [0.29, 0.717) is 73.6 Å². The number of carbonyl (C=O) groups excluding carboxylic acids is 1. The lowest BCUT2D eigenvalue weighted by atomic mass is 10.1. The molecule has 1 aromatic heterocycles. The zero-order valence-electron chi connectivity index (χ0n) is 18.1. The molecule has 31 heavy (non-hydrogen) atoms. The van der Waals surface area contributed by atoms with Crippen molar-refractivity contribution in [2.24, 2.45) is 0 Å². The van der Waals surface area contributed by atoms with Gasteiger partial charge in [0.05, 0.1) is 38.0 Å². The SMILES string of the molecule is CCOc1cc(C(=O)N2CCC(Oc3cc(C#N)ccn3)C2)cc(OCC)c1OCC. The third-order valence-electron chi connectivity index (χ3n) is 4.74. The Morgan fingerprint density at radius 3 is 2.42 bits per heavy atom. The van der Waals surface area contributed by atoms with Crippen molar-refractivity contribution < 1.29 is 23.7 Å². The summed E-state index contributed by atoms with van der Waals surface area (Å²) in [7, 11) is 0. The Morgan fingerprint density at radius 1 is 1.13 bits per heavy atom. The first-order valence-corrected chi connectivity index (χ1v) is 10.5. The highest BCUT2D eigenvalue weighted by atomic mass is 16.5. The molecule has 1 unspecified atom stereocenters. The lowest BCUT2D eigenvalue weighted by Gasteiger charge is -2.20.